The summed E-state index contributed by atoms with van der Waals surface area (Å²) in [6.45, 7) is 4.45. The zero-order chi connectivity index (χ0) is 32.0. The smallest absolute Gasteiger partial charge is 0.267 e. The lowest BCUT2D eigenvalue weighted by atomic mass is 10.0. The van der Waals surface area contributed by atoms with Crippen LogP contribution >= 0.6 is 0 Å². The third kappa shape index (κ3) is 29.3. The Morgan fingerprint density at radius 1 is 0.628 bits per heavy atom. The van der Waals surface area contributed by atoms with Gasteiger partial charge in [0.2, 0.25) is 5.91 Å². The van der Waals surface area contributed by atoms with E-state index in [0.29, 0.717) is 6.42 Å². The van der Waals surface area contributed by atoms with Crippen LogP contribution in [0, 0.1) is 0 Å². The average Bonchev–Trinajstić information content (AvgIpc) is 2.96. The second-order valence-electron chi connectivity index (χ2n) is 12.3. The molecule has 3 atom stereocenters. The van der Waals surface area contributed by atoms with Crippen molar-refractivity contribution in [3.63, 3.8) is 0 Å². The number of carbonyl (C=O) groups excluding carboxylic acids is 1. The Kier molecular flexibility index (Phi) is 28.7. The molecule has 7 nitrogen and oxygen atoms in total. The van der Waals surface area contributed by atoms with Crippen molar-refractivity contribution in [1.29, 1.82) is 0 Å². The van der Waals surface area contributed by atoms with Crippen molar-refractivity contribution in [2.75, 3.05) is 5.75 Å². The highest BCUT2D eigenvalue weighted by Crippen LogP contribution is 2.13. The van der Waals surface area contributed by atoms with Crippen LogP contribution in [0.3, 0.4) is 0 Å². The molecule has 1 amide bonds. The van der Waals surface area contributed by atoms with Gasteiger partial charge in [0.25, 0.3) is 10.1 Å². The minimum atomic E-state index is -4.43. The van der Waals surface area contributed by atoms with Crippen molar-refractivity contribution in [3.05, 3.63) is 24.3 Å². The molecule has 8 heteroatoms. The maximum atomic E-state index is 12.5. The van der Waals surface area contributed by atoms with Crippen molar-refractivity contribution in [1.82, 2.24) is 5.32 Å². The predicted octanol–water partition coefficient (Wildman–Crippen LogP) is 8.60. The lowest BCUT2D eigenvalue weighted by molar-refractivity contribution is -0.130. The third-order valence-electron chi connectivity index (χ3n) is 7.98. The summed E-state index contributed by atoms with van der Waals surface area (Å²) in [5.41, 5.74) is 0. The number of aliphatic hydroxyl groups is 2. The van der Waals surface area contributed by atoms with Crippen LogP contribution in [-0.2, 0) is 14.9 Å². The first-order valence-electron chi connectivity index (χ1n) is 17.6. The van der Waals surface area contributed by atoms with Gasteiger partial charge in [-0.2, -0.15) is 8.42 Å². The molecule has 0 radical (unpaired) electrons. The van der Waals surface area contributed by atoms with Crippen molar-refractivity contribution >= 4 is 16.0 Å². The van der Waals surface area contributed by atoms with Crippen LogP contribution in [0.25, 0.3) is 0 Å². The fourth-order valence-electron chi connectivity index (χ4n) is 5.21. The van der Waals surface area contributed by atoms with E-state index in [4.69, 9.17) is 0 Å². The van der Waals surface area contributed by atoms with Gasteiger partial charge in [-0.3, -0.25) is 9.35 Å². The van der Waals surface area contributed by atoms with Crippen LogP contribution in [0.4, 0.5) is 0 Å². The van der Waals surface area contributed by atoms with Gasteiger partial charge in [-0.15, -0.1) is 0 Å². The van der Waals surface area contributed by atoms with Gasteiger partial charge in [0.15, 0.2) is 0 Å². The maximum absolute atomic E-state index is 12.5. The molecule has 0 rings (SSSR count). The average molecular weight is 630 g/mol. The van der Waals surface area contributed by atoms with Gasteiger partial charge in [0, 0.05) is 0 Å². The lowest BCUT2D eigenvalue weighted by Crippen LogP contribution is -2.50. The summed E-state index contributed by atoms with van der Waals surface area (Å²) >= 11 is 0. The summed E-state index contributed by atoms with van der Waals surface area (Å²) in [5, 5.41) is 23.2. The first-order valence-corrected chi connectivity index (χ1v) is 19.3. The monoisotopic (exact) mass is 629 g/mol. The number of amides is 1. The van der Waals surface area contributed by atoms with Crippen molar-refractivity contribution < 1.29 is 28.0 Å². The van der Waals surface area contributed by atoms with E-state index in [1.54, 1.807) is 6.08 Å². The Hall–Kier alpha value is -1.22. The second-order valence-corrected chi connectivity index (χ2v) is 13.8. The zero-order valence-corrected chi connectivity index (χ0v) is 28.5. The molecule has 0 saturated heterocycles. The molecule has 0 aliphatic carbocycles. The van der Waals surface area contributed by atoms with Gasteiger partial charge >= 0.3 is 0 Å². The van der Waals surface area contributed by atoms with Gasteiger partial charge in [-0.1, -0.05) is 147 Å². The van der Waals surface area contributed by atoms with Crippen LogP contribution in [0.5, 0.6) is 0 Å². The number of carbonyl (C=O) groups is 1. The van der Waals surface area contributed by atoms with E-state index in [0.717, 1.165) is 44.9 Å². The Morgan fingerprint density at radius 3 is 1.49 bits per heavy atom. The number of unbranched alkanes of at least 4 members (excludes halogenated alkanes) is 20. The van der Waals surface area contributed by atoms with Crippen molar-refractivity contribution in [2.24, 2.45) is 0 Å². The zero-order valence-electron chi connectivity index (χ0n) is 27.7. The molecule has 254 valence electrons. The molecule has 0 aliphatic rings. The quantitative estimate of drug-likeness (QED) is 0.0346. The fraction of sp³-hybridized carbons (Fsp3) is 0.857. The first-order chi connectivity index (χ1) is 20.7. The number of hydrogen-bond acceptors (Lipinski definition) is 5. The summed E-state index contributed by atoms with van der Waals surface area (Å²) in [5.74, 6) is -1.54. The van der Waals surface area contributed by atoms with E-state index >= 15 is 0 Å². The molecular weight excluding hydrogens is 562 g/mol. The molecule has 0 aliphatic heterocycles. The highest BCUT2D eigenvalue weighted by Gasteiger charge is 2.27. The highest BCUT2D eigenvalue weighted by atomic mass is 32.2. The second kappa shape index (κ2) is 29.5. The number of rotatable bonds is 31. The SMILES string of the molecule is CCCCCC/C=C\CCCCCCCCC(O)C(=O)NC(CS(=O)(=O)O)C(O)/C=C/CCCCCCCCCCCC. The highest BCUT2D eigenvalue weighted by molar-refractivity contribution is 7.85. The van der Waals surface area contributed by atoms with Crippen LogP contribution < -0.4 is 5.32 Å². The van der Waals surface area contributed by atoms with Gasteiger partial charge in [0.1, 0.15) is 6.10 Å². The topological polar surface area (TPSA) is 124 Å². The molecule has 0 saturated carbocycles. The molecular formula is C35H67NO6S. The van der Waals surface area contributed by atoms with Crippen LogP contribution in [0.2, 0.25) is 0 Å². The van der Waals surface area contributed by atoms with Crippen LogP contribution in [-0.4, -0.2) is 53.1 Å². The summed E-state index contributed by atoms with van der Waals surface area (Å²) < 4.78 is 32.3. The predicted molar refractivity (Wildman–Crippen MR) is 181 cm³/mol. The molecule has 0 aromatic heterocycles. The third-order valence-corrected chi connectivity index (χ3v) is 8.76. The van der Waals surface area contributed by atoms with Crippen LogP contribution in [0.15, 0.2) is 24.3 Å². The van der Waals surface area contributed by atoms with E-state index < -0.39 is 40.0 Å². The minimum Gasteiger partial charge on any atom is -0.387 e. The Labute approximate surface area is 265 Å². The standard InChI is InChI=1S/C35H67NO6S/c1-3-5-7-9-11-13-15-17-18-20-22-24-26-28-30-34(38)35(39)36-32(31-43(40,41)42)33(37)29-27-25-23-21-19-16-14-12-10-8-6-4-2/h13,15,27,29,32-34,37-38H,3-12,14,16-26,28,30-31H2,1-2H3,(H,36,39)(H,40,41,42)/b15-13-,29-27+. The number of allylic oxidation sites excluding steroid dienone is 3. The Balaban J connectivity index is 4.16. The van der Waals surface area contributed by atoms with Gasteiger partial charge in [-0.05, 0) is 44.9 Å². The van der Waals surface area contributed by atoms with E-state index in [-0.39, 0.29) is 6.42 Å². The molecule has 0 aromatic carbocycles. The molecule has 0 spiro atoms. The number of hydrogen-bond donors (Lipinski definition) is 4. The summed E-state index contributed by atoms with van der Waals surface area (Å²) in [6.07, 6.45) is 32.3. The van der Waals surface area contributed by atoms with Gasteiger partial charge in [-0.25, -0.2) is 0 Å². The largest absolute Gasteiger partial charge is 0.387 e. The van der Waals surface area contributed by atoms with E-state index in [2.05, 4.69) is 31.3 Å². The fourth-order valence-corrected chi connectivity index (χ4v) is 5.95. The van der Waals surface area contributed by atoms with Crippen LogP contribution in [0.1, 0.15) is 168 Å². The van der Waals surface area contributed by atoms with Gasteiger partial charge in [0.05, 0.1) is 17.9 Å². The maximum Gasteiger partial charge on any atom is 0.267 e. The molecule has 43 heavy (non-hydrogen) atoms. The van der Waals surface area contributed by atoms with E-state index in [9.17, 15) is 28.0 Å². The molecule has 4 N–H and O–H groups in total. The summed E-state index contributed by atoms with van der Waals surface area (Å²) in [4.78, 5) is 12.5. The van der Waals surface area contributed by atoms with Crippen molar-refractivity contribution in [3.8, 4) is 0 Å². The Morgan fingerprint density at radius 2 is 1.02 bits per heavy atom. The molecule has 0 aromatic rings. The Bertz CT molecular complexity index is 798. The normalized spacial score (nSPS) is 14.4. The summed E-state index contributed by atoms with van der Waals surface area (Å²) in [7, 11) is -4.43. The first kappa shape index (κ1) is 41.8. The minimum absolute atomic E-state index is 0.274. The van der Waals surface area contributed by atoms with Gasteiger partial charge < -0.3 is 15.5 Å². The lowest BCUT2D eigenvalue weighted by Gasteiger charge is -2.22. The van der Waals surface area contributed by atoms with E-state index in [1.807, 2.05) is 0 Å². The molecule has 0 bridgehead atoms. The van der Waals surface area contributed by atoms with E-state index in [1.165, 1.54) is 102 Å². The number of aliphatic hydroxyl groups excluding tert-OH is 2. The molecule has 3 unspecified atom stereocenters. The number of nitrogens with one attached hydrogen (secondary N) is 1. The summed E-state index contributed by atoms with van der Waals surface area (Å²) in [6, 6.07) is -1.23. The van der Waals surface area contributed by atoms with Crippen molar-refractivity contribution in [2.45, 2.75) is 186 Å². The molecule has 0 heterocycles. The molecule has 0 fully saturated rings.